The number of benzene rings is 1. The summed E-state index contributed by atoms with van der Waals surface area (Å²) in [5, 5.41) is 4.75. The SMILES string of the molecule is CC[C@@H](COC)Oc1cc(Oc2ccc(S(C)(=O)=O)nc2)cc(C(=O)Nc2nc(C[P]3(O)OCCCO3)cs2)c1. The molecule has 1 saturated heterocycles. The Morgan fingerprint density at radius 2 is 1.95 bits per heavy atom. The summed E-state index contributed by atoms with van der Waals surface area (Å²) in [7, 11) is -4.88. The van der Waals surface area contributed by atoms with Crippen molar-refractivity contribution in [3.8, 4) is 17.2 Å². The Labute approximate surface area is 237 Å². The van der Waals surface area contributed by atoms with E-state index in [-0.39, 0.29) is 34.4 Å². The average molecular weight is 613 g/mol. The van der Waals surface area contributed by atoms with E-state index < -0.39 is 23.7 Å². The van der Waals surface area contributed by atoms with Gasteiger partial charge in [-0.25, -0.2) is 18.4 Å². The number of nitrogens with zero attached hydrogens (tertiary/aromatic N) is 2. The number of hydrogen-bond donors (Lipinski definition) is 2. The molecule has 2 aromatic heterocycles. The van der Waals surface area contributed by atoms with E-state index >= 15 is 0 Å². The monoisotopic (exact) mass is 612 g/mol. The molecule has 0 spiro atoms. The van der Waals surface area contributed by atoms with Gasteiger partial charge in [0.05, 0.1) is 37.9 Å². The molecule has 0 saturated carbocycles. The smallest absolute Gasteiger partial charge is 0.257 e. The molecule has 1 amide bonds. The van der Waals surface area contributed by atoms with E-state index in [1.54, 1.807) is 24.6 Å². The van der Waals surface area contributed by atoms with Gasteiger partial charge in [0.15, 0.2) is 20.0 Å². The third-order valence-electron chi connectivity index (χ3n) is 5.59. The Morgan fingerprint density at radius 1 is 1.20 bits per heavy atom. The van der Waals surface area contributed by atoms with Gasteiger partial charge in [-0.05, 0) is 37.1 Å². The van der Waals surface area contributed by atoms with Crippen LogP contribution in [0.5, 0.6) is 17.2 Å². The lowest BCUT2D eigenvalue weighted by Gasteiger charge is -2.32. The second-order valence-corrected chi connectivity index (χ2v) is 13.8. The Hall–Kier alpha value is -2.71. The second-order valence-electron chi connectivity index (χ2n) is 8.92. The molecule has 3 heterocycles. The Bertz CT molecular complexity index is 1410. The van der Waals surface area contributed by atoms with Crippen LogP contribution in [0.4, 0.5) is 5.13 Å². The first kappa shape index (κ1) is 30.3. The standard InChI is InChI=1S/C25H31N3O9PS2/c1-4-19(14-33-2)36-21-10-17(11-22(12-21)37-20-6-7-23(26-13-20)40(3,31)32)24(29)28-25-27-18(16-39-25)15-38(30)34-8-5-9-35-38/h6-7,10-13,16,19,30H,4-5,8-9,14-15H2,1-3H3,(H,27,28,29)/t19-/m0/s1. The van der Waals surface area contributed by atoms with Crippen molar-refractivity contribution in [2.45, 2.75) is 37.1 Å². The van der Waals surface area contributed by atoms with Gasteiger partial charge >= 0.3 is 0 Å². The van der Waals surface area contributed by atoms with Crippen molar-refractivity contribution in [3.05, 3.63) is 53.2 Å². The molecule has 12 nitrogen and oxygen atoms in total. The molecule has 4 rings (SSSR count). The van der Waals surface area contributed by atoms with E-state index in [0.29, 0.717) is 42.8 Å². The fraction of sp³-hybridized carbons (Fsp3) is 0.400. The summed E-state index contributed by atoms with van der Waals surface area (Å²) in [6.07, 6.45) is 3.62. The van der Waals surface area contributed by atoms with Gasteiger partial charge in [0.2, 0.25) is 7.94 Å². The first-order valence-corrected chi connectivity index (χ1v) is 16.9. The van der Waals surface area contributed by atoms with Gasteiger partial charge in [0, 0.05) is 30.4 Å². The summed E-state index contributed by atoms with van der Waals surface area (Å²) >= 11 is 1.21. The van der Waals surface area contributed by atoms with Crippen LogP contribution in [-0.2, 0) is 29.8 Å². The molecule has 3 aromatic rings. The maximum atomic E-state index is 13.2. The van der Waals surface area contributed by atoms with Gasteiger partial charge < -0.3 is 28.2 Å². The minimum absolute atomic E-state index is 0.0824. The Morgan fingerprint density at radius 3 is 2.60 bits per heavy atom. The molecule has 1 aliphatic rings. The summed E-state index contributed by atoms with van der Waals surface area (Å²) in [6, 6.07) is 7.54. The molecule has 1 atom stereocenters. The zero-order valence-corrected chi connectivity index (χ0v) is 24.8. The normalized spacial score (nSPS) is 15.8. The van der Waals surface area contributed by atoms with Gasteiger partial charge in [-0.3, -0.25) is 10.1 Å². The van der Waals surface area contributed by atoms with Gasteiger partial charge in [0.1, 0.15) is 23.4 Å². The number of methoxy groups -OCH3 is 1. The number of sulfone groups is 1. The molecule has 1 fully saturated rings. The van der Waals surface area contributed by atoms with Gasteiger partial charge in [-0.15, -0.1) is 11.3 Å². The molecule has 217 valence electrons. The fourth-order valence-corrected chi connectivity index (χ4v) is 6.68. The number of rotatable bonds is 12. The molecule has 0 bridgehead atoms. The summed E-state index contributed by atoms with van der Waals surface area (Å²) in [5.41, 5.74) is 0.789. The highest BCUT2D eigenvalue weighted by Crippen LogP contribution is 2.61. The van der Waals surface area contributed by atoms with Crippen LogP contribution in [-0.4, -0.2) is 68.5 Å². The zero-order chi connectivity index (χ0) is 28.8. The zero-order valence-electron chi connectivity index (χ0n) is 22.2. The molecule has 1 aliphatic heterocycles. The number of carbonyl (C=O) groups is 1. The van der Waals surface area contributed by atoms with Crippen LogP contribution in [0.25, 0.3) is 0 Å². The number of aromatic nitrogens is 2. The number of ether oxygens (including phenoxy) is 3. The molecule has 15 heteroatoms. The molecule has 0 aliphatic carbocycles. The lowest BCUT2D eigenvalue weighted by molar-refractivity contribution is 0.0785. The number of hydrogen-bond acceptors (Lipinski definition) is 12. The quantitative estimate of drug-likeness (QED) is 0.278. The van der Waals surface area contributed by atoms with E-state index in [1.165, 1.54) is 35.7 Å². The van der Waals surface area contributed by atoms with Crippen LogP contribution in [0, 0.1) is 0 Å². The number of anilines is 1. The third-order valence-corrected chi connectivity index (χ3v) is 9.29. The first-order valence-electron chi connectivity index (χ1n) is 12.4. The number of thiazole rings is 1. The van der Waals surface area contributed by atoms with Crippen LogP contribution in [0.2, 0.25) is 0 Å². The maximum absolute atomic E-state index is 13.2. The molecule has 1 aromatic carbocycles. The number of amides is 1. The molecule has 1 radical (unpaired) electrons. The van der Waals surface area contributed by atoms with Crippen molar-refractivity contribution < 1.29 is 41.4 Å². The number of pyridine rings is 1. The van der Waals surface area contributed by atoms with E-state index in [1.807, 2.05) is 6.92 Å². The van der Waals surface area contributed by atoms with Crippen LogP contribution in [0.1, 0.15) is 35.8 Å². The summed E-state index contributed by atoms with van der Waals surface area (Å²) in [4.78, 5) is 32.1. The van der Waals surface area contributed by atoms with Crippen molar-refractivity contribution in [1.82, 2.24) is 9.97 Å². The van der Waals surface area contributed by atoms with Crippen LogP contribution < -0.4 is 14.8 Å². The lowest BCUT2D eigenvalue weighted by atomic mass is 10.2. The highest BCUT2D eigenvalue weighted by molar-refractivity contribution is 7.90. The lowest BCUT2D eigenvalue weighted by Crippen LogP contribution is -2.21. The maximum Gasteiger partial charge on any atom is 0.257 e. The average Bonchev–Trinajstić information content (AvgIpc) is 3.34. The van der Waals surface area contributed by atoms with Crippen LogP contribution >= 0.6 is 19.3 Å². The van der Waals surface area contributed by atoms with Crippen LogP contribution in [0.15, 0.2) is 46.9 Å². The van der Waals surface area contributed by atoms with Gasteiger partial charge in [-0.1, -0.05) is 6.92 Å². The van der Waals surface area contributed by atoms with E-state index in [9.17, 15) is 18.1 Å². The summed E-state index contributed by atoms with van der Waals surface area (Å²) < 4.78 is 51.5. The highest BCUT2D eigenvalue weighted by atomic mass is 32.2. The molecule has 0 unspecified atom stereocenters. The number of carbonyl (C=O) groups excluding carboxylic acids is 1. The minimum Gasteiger partial charge on any atom is -0.488 e. The topological polar surface area (TPSA) is 155 Å². The predicted molar refractivity (Wildman–Crippen MR) is 150 cm³/mol. The summed E-state index contributed by atoms with van der Waals surface area (Å²) in [5.74, 6) is 0.478. The number of nitrogens with one attached hydrogen (secondary N) is 1. The minimum atomic E-state index is -3.46. The van der Waals surface area contributed by atoms with Crippen molar-refractivity contribution in [3.63, 3.8) is 0 Å². The molecular formula is C25H31N3O9PS2. The van der Waals surface area contributed by atoms with Gasteiger partial charge in [-0.2, -0.15) is 0 Å². The van der Waals surface area contributed by atoms with Crippen molar-refractivity contribution in [2.75, 3.05) is 38.5 Å². The van der Waals surface area contributed by atoms with E-state index in [0.717, 1.165) is 12.7 Å². The highest BCUT2D eigenvalue weighted by Gasteiger charge is 2.32. The third kappa shape index (κ3) is 8.40. The Kier molecular flexibility index (Phi) is 10.1. The predicted octanol–water partition coefficient (Wildman–Crippen LogP) is 4.48. The van der Waals surface area contributed by atoms with Crippen molar-refractivity contribution in [1.29, 1.82) is 0 Å². The first-order chi connectivity index (χ1) is 19.1. The van der Waals surface area contributed by atoms with E-state index in [4.69, 9.17) is 23.3 Å². The second kappa shape index (κ2) is 13.3. The molecular weight excluding hydrogens is 581 g/mol. The Balaban J connectivity index is 1.53. The van der Waals surface area contributed by atoms with Crippen molar-refractivity contribution in [2.24, 2.45) is 0 Å². The van der Waals surface area contributed by atoms with Crippen LogP contribution in [0.3, 0.4) is 0 Å². The van der Waals surface area contributed by atoms with Gasteiger partial charge in [0.25, 0.3) is 5.91 Å². The summed E-state index contributed by atoms with van der Waals surface area (Å²) in [6.45, 7) is 3.17. The fourth-order valence-electron chi connectivity index (χ4n) is 3.64. The largest absolute Gasteiger partial charge is 0.488 e. The van der Waals surface area contributed by atoms with E-state index in [2.05, 4.69) is 15.3 Å². The molecule has 2 N–H and O–H groups in total. The van der Waals surface area contributed by atoms with Crippen molar-refractivity contribution >= 4 is 40.2 Å². The molecule has 40 heavy (non-hydrogen) atoms.